The van der Waals surface area contributed by atoms with Gasteiger partial charge in [-0.3, -0.25) is 20.2 Å². The van der Waals surface area contributed by atoms with Crippen molar-refractivity contribution in [1.29, 1.82) is 0 Å². The van der Waals surface area contributed by atoms with Gasteiger partial charge in [-0.2, -0.15) is 26.3 Å². The summed E-state index contributed by atoms with van der Waals surface area (Å²) in [5.41, 5.74) is 0. The minimum Gasteiger partial charge on any atom is -0.263 e. The molecule has 0 aliphatic heterocycles. The summed E-state index contributed by atoms with van der Waals surface area (Å²) in [4.78, 5) is 20.2. The Hall–Kier alpha value is -1.48. The lowest BCUT2D eigenvalue weighted by Gasteiger charge is -2.10. The van der Waals surface area contributed by atoms with E-state index in [9.17, 15) is 35.9 Å². The molecule has 82 valence electrons. The molecule has 0 atom stereocenters. The predicted octanol–water partition coefficient (Wildman–Crippen LogP) is 0.258. The first-order chi connectivity index (χ1) is 6.01. The highest BCUT2D eigenvalue weighted by molar-refractivity contribution is 6.35. The van der Waals surface area contributed by atoms with Gasteiger partial charge in [0.15, 0.2) is 0 Å². The minimum absolute atomic E-state index is 0.0905. The molecule has 0 spiro atoms. The van der Waals surface area contributed by atoms with Crippen molar-refractivity contribution in [2.24, 2.45) is 0 Å². The van der Waals surface area contributed by atoms with Crippen molar-refractivity contribution in [1.82, 2.24) is 10.6 Å². The SMILES string of the molecule is O=C(NC(F)(F)F)C(=O)NC(F)(F)F. The summed E-state index contributed by atoms with van der Waals surface area (Å²) in [6.07, 6.45) is -10.5. The van der Waals surface area contributed by atoms with Gasteiger partial charge in [0.25, 0.3) is 0 Å². The number of amides is 2. The first-order valence-corrected chi connectivity index (χ1v) is 2.79. The third-order valence-corrected chi connectivity index (χ3v) is 0.717. The molecule has 0 aromatic carbocycles. The lowest BCUT2D eigenvalue weighted by molar-refractivity contribution is -0.184. The minimum atomic E-state index is -5.25. The lowest BCUT2D eigenvalue weighted by atomic mass is 10.5. The number of halogens is 6. The molecule has 0 bridgehead atoms. The first-order valence-electron chi connectivity index (χ1n) is 2.79. The fraction of sp³-hybridized carbons (Fsp3) is 0.500. The van der Waals surface area contributed by atoms with Gasteiger partial charge in [0.2, 0.25) is 0 Å². The maximum absolute atomic E-state index is 11.3. The number of hydrogen-bond acceptors (Lipinski definition) is 2. The fourth-order valence-corrected chi connectivity index (χ4v) is 0.371. The van der Waals surface area contributed by atoms with Crippen molar-refractivity contribution in [2.45, 2.75) is 12.6 Å². The van der Waals surface area contributed by atoms with Crippen molar-refractivity contribution in [3.63, 3.8) is 0 Å². The summed E-state index contributed by atoms with van der Waals surface area (Å²) in [5, 5.41) is 0.181. The molecule has 2 N–H and O–H groups in total. The molecule has 0 aliphatic rings. The van der Waals surface area contributed by atoms with Gasteiger partial charge in [-0.05, 0) is 0 Å². The smallest absolute Gasteiger partial charge is 0.263 e. The van der Waals surface area contributed by atoms with Gasteiger partial charge in [-0.15, -0.1) is 0 Å². The molecule has 0 saturated heterocycles. The number of hydrogen-bond donors (Lipinski definition) is 2. The van der Waals surface area contributed by atoms with Crippen molar-refractivity contribution in [3.05, 3.63) is 0 Å². The van der Waals surface area contributed by atoms with Crippen LogP contribution in [0.25, 0.3) is 0 Å². The van der Waals surface area contributed by atoms with Gasteiger partial charge in [0, 0.05) is 0 Å². The van der Waals surface area contributed by atoms with Crippen LogP contribution < -0.4 is 10.6 Å². The monoisotopic (exact) mass is 224 g/mol. The Labute approximate surface area is 72.3 Å². The zero-order valence-electron chi connectivity index (χ0n) is 6.08. The van der Waals surface area contributed by atoms with Crippen molar-refractivity contribution < 1.29 is 35.9 Å². The molecule has 0 radical (unpaired) electrons. The van der Waals surface area contributed by atoms with Crippen LogP contribution in [0.2, 0.25) is 0 Å². The number of alkyl halides is 6. The quantitative estimate of drug-likeness (QED) is 0.352. The predicted molar refractivity (Wildman–Crippen MR) is 28.4 cm³/mol. The summed E-state index contributed by atoms with van der Waals surface area (Å²) in [6, 6.07) is 0. The summed E-state index contributed by atoms with van der Waals surface area (Å²) in [6.45, 7) is 0. The van der Waals surface area contributed by atoms with Gasteiger partial charge < -0.3 is 0 Å². The van der Waals surface area contributed by atoms with Crippen molar-refractivity contribution >= 4 is 11.8 Å². The van der Waals surface area contributed by atoms with Gasteiger partial charge >= 0.3 is 24.4 Å². The molecular weight excluding hydrogens is 222 g/mol. The van der Waals surface area contributed by atoms with Crippen LogP contribution in [0, 0.1) is 0 Å². The van der Waals surface area contributed by atoms with Crippen molar-refractivity contribution in [3.8, 4) is 0 Å². The molecular formula is C4H2F6N2O2. The van der Waals surface area contributed by atoms with Crippen LogP contribution in [-0.2, 0) is 9.59 Å². The Balaban J connectivity index is 4.22. The summed E-state index contributed by atoms with van der Waals surface area (Å²) in [7, 11) is 0. The highest BCUT2D eigenvalue weighted by Gasteiger charge is 2.37. The molecule has 0 saturated carbocycles. The normalized spacial score (nSPS) is 12.1. The van der Waals surface area contributed by atoms with E-state index in [4.69, 9.17) is 0 Å². The molecule has 0 heterocycles. The second-order valence-corrected chi connectivity index (χ2v) is 1.90. The molecule has 0 aromatic rings. The Morgan fingerprint density at radius 3 is 1.07 bits per heavy atom. The number of carbonyl (C=O) groups excluding carboxylic acids is 2. The second-order valence-electron chi connectivity index (χ2n) is 1.90. The van der Waals surface area contributed by atoms with Crippen LogP contribution in [0.4, 0.5) is 26.3 Å². The average molecular weight is 224 g/mol. The first kappa shape index (κ1) is 12.5. The van der Waals surface area contributed by atoms with Gasteiger partial charge in [-0.25, -0.2) is 0 Å². The second kappa shape index (κ2) is 3.72. The zero-order chi connectivity index (χ0) is 11.6. The Morgan fingerprint density at radius 2 is 0.929 bits per heavy atom. The molecule has 0 aromatic heterocycles. The maximum atomic E-state index is 11.3. The zero-order valence-corrected chi connectivity index (χ0v) is 6.08. The molecule has 0 rings (SSSR count). The van der Waals surface area contributed by atoms with Crippen LogP contribution in [0.3, 0.4) is 0 Å². The van der Waals surface area contributed by atoms with E-state index in [1.807, 2.05) is 0 Å². The lowest BCUT2D eigenvalue weighted by Crippen LogP contribution is -2.50. The van der Waals surface area contributed by atoms with Gasteiger partial charge in [0.05, 0.1) is 0 Å². The summed E-state index contributed by atoms with van der Waals surface area (Å²) in [5.74, 6) is -4.87. The standard InChI is InChI=1S/C4H2F6N2O2/c5-3(6,7)11-1(13)2(14)12-4(8,9)10/h(H,11,13)(H,12,14). The van der Waals surface area contributed by atoms with Gasteiger partial charge in [0.1, 0.15) is 0 Å². The largest absolute Gasteiger partial charge is 0.484 e. The molecule has 0 aliphatic carbocycles. The molecule has 14 heavy (non-hydrogen) atoms. The molecule has 10 heteroatoms. The van der Waals surface area contributed by atoms with E-state index in [-0.39, 0.29) is 10.6 Å². The van der Waals surface area contributed by atoms with Crippen LogP contribution >= 0.6 is 0 Å². The molecule has 4 nitrogen and oxygen atoms in total. The third kappa shape index (κ3) is 6.08. The van der Waals surface area contributed by atoms with Gasteiger partial charge in [-0.1, -0.05) is 0 Å². The Morgan fingerprint density at radius 1 is 0.714 bits per heavy atom. The summed E-state index contributed by atoms with van der Waals surface area (Å²) >= 11 is 0. The highest BCUT2D eigenvalue weighted by atomic mass is 19.4. The van der Waals surface area contributed by atoms with Crippen molar-refractivity contribution in [2.75, 3.05) is 0 Å². The number of carbonyl (C=O) groups is 2. The summed E-state index contributed by atoms with van der Waals surface area (Å²) < 4.78 is 67.8. The van der Waals surface area contributed by atoms with E-state index >= 15 is 0 Å². The fourth-order valence-electron chi connectivity index (χ4n) is 0.371. The van der Waals surface area contributed by atoms with Crippen LogP contribution in [-0.4, -0.2) is 24.4 Å². The molecule has 0 unspecified atom stereocenters. The third-order valence-electron chi connectivity index (χ3n) is 0.717. The van der Waals surface area contributed by atoms with Crippen LogP contribution in [0.5, 0.6) is 0 Å². The van der Waals surface area contributed by atoms with E-state index in [0.29, 0.717) is 0 Å². The van der Waals surface area contributed by atoms with E-state index in [0.717, 1.165) is 0 Å². The van der Waals surface area contributed by atoms with Crippen LogP contribution in [0.1, 0.15) is 0 Å². The number of rotatable bonds is 0. The Bertz CT molecular complexity index is 217. The van der Waals surface area contributed by atoms with E-state index < -0.39 is 24.4 Å². The number of nitrogens with one attached hydrogen (secondary N) is 2. The average Bonchev–Trinajstić information content (AvgIpc) is 1.78. The topological polar surface area (TPSA) is 58.2 Å². The molecule has 2 amide bonds. The highest BCUT2D eigenvalue weighted by Crippen LogP contribution is 2.11. The van der Waals surface area contributed by atoms with E-state index in [1.54, 1.807) is 0 Å². The van der Waals surface area contributed by atoms with Crippen LogP contribution in [0.15, 0.2) is 0 Å². The molecule has 0 fully saturated rings. The van der Waals surface area contributed by atoms with E-state index in [2.05, 4.69) is 0 Å². The Kier molecular flexibility index (Phi) is 3.32. The van der Waals surface area contributed by atoms with E-state index in [1.165, 1.54) is 0 Å². The maximum Gasteiger partial charge on any atom is 0.484 e.